The molecule has 1 heterocycles. The Morgan fingerprint density at radius 1 is 1.46 bits per heavy atom. The smallest absolute Gasteiger partial charge is 0.0702 e. The number of aliphatic hydroxyl groups excluding tert-OH is 1. The number of rotatable bonds is 1. The number of anilines is 1. The third-order valence-corrected chi connectivity index (χ3v) is 2.27. The largest absolute Gasteiger partial charge is 0.399 e. The van der Waals surface area contributed by atoms with E-state index < -0.39 is 0 Å². The summed E-state index contributed by atoms with van der Waals surface area (Å²) in [5, 5.41) is 10.1. The SMILES string of the molecule is Cn1cc(CO)c2cc(N)ccc21. The molecule has 2 aromatic rings. The molecule has 13 heavy (non-hydrogen) atoms. The molecular formula is C10H12N2O. The molecule has 0 aliphatic rings. The van der Waals surface area contributed by atoms with Crippen molar-refractivity contribution in [3.8, 4) is 0 Å². The van der Waals surface area contributed by atoms with Gasteiger partial charge in [0.1, 0.15) is 0 Å². The lowest BCUT2D eigenvalue weighted by Crippen LogP contribution is -1.86. The first kappa shape index (κ1) is 8.13. The van der Waals surface area contributed by atoms with Crippen molar-refractivity contribution in [3.05, 3.63) is 30.0 Å². The number of hydrogen-bond acceptors (Lipinski definition) is 2. The lowest BCUT2D eigenvalue weighted by molar-refractivity contribution is 0.283. The molecule has 3 nitrogen and oxygen atoms in total. The molecule has 0 saturated carbocycles. The number of fused-ring (bicyclic) bond motifs is 1. The average molecular weight is 176 g/mol. The van der Waals surface area contributed by atoms with Crippen LogP contribution in [0.3, 0.4) is 0 Å². The van der Waals surface area contributed by atoms with Gasteiger partial charge in [-0.2, -0.15) is 0 Å². The van der Waals surface area contributed by atoms with E-state index in [1.54, 1.807) is 0 Å². The molecule has 0 spiro atoms. The van der Waals surface area contributed by atoms with Gasteiger partial charge in [-0.15, -0.1) is 0 Å². The number of benzene rings is 1. The Bertz CT molecular complexity index is 445. The first-order chi connectivity index (χ1) is 6.22. The predicted octanol–water partition coefficient (Wildman–Crippen LogP) is 1.25. The van der Waals surface area contributed by atoms with Crippen molar-refractivity contribution in [2.45, 2.75) is 6.61 Å². The van der Waals surface area contributed by atoms with Crippen LogP contribution in [0, 0.1) is 0 Å². The van der Waals surface area contributed by atoms with Gasteiger partial charge >= 0.3 is 0 Å². The zero-order valence-electron chi connectivity index (χ0n) is 7.49. The van der Waals surface area contributed by atoms with Crippen molar-refractivity contribution < 1.29 is 5.11 Å². The van der Waals surface area contributed by atoms with Gasteiger partial charge in [-0.3, -0.25) is 0 Å². The fourth-order valence-electron chi connectivity index (χ4n) is 1.62. The number of nitrogen functional groups attached to an aromatic ring is 1. The van der Waals surface area contributed by atoms with Gasteiger partial charge in [0.2, 0.25) is 0 Å². The van der Waals surface area contributed by atoms with Crippen molar-refractivity contribution in [1.29, 1.82) is 0 Å². The first-order valence-corrected chi connectivity index (χ1v) is 4.16. The topological polar surface area (TPSA) is 51.2 Å². The Labute approximate surface area is 76.4 Å². The summed E-state index contributed by atoms with van der Waals surface area (Å²) < 4.78 is 1.99. The molecule has 1 aromatic heterocycles. The minimum absolute atomic E-state index is 0.0563. The molecule has 2 rings (SSSR count). The number of hydrogen-bond donors (Lipinski definition) is 2. The van der Waals surface area contributed by atoms with Gasteiger partial charge in [-0.25, -0.2) is 0 Å². The maximum Gasteiger partial charge on any atom is 0.0702 e. The summed E-state index contributed by atoms with van der Waals surface area (Å²) in [5.74, 6) is 0. The van der Waals surface area contributed by atoms with Crippen molar-refractivity contribution in [1.82, 2.24) is 4.57 Å². The third kappa shape index (κ3) is 1.17. The molecule has 0 saturated heterocycles. The molecule has 0 radical (unpaired) electrons. The molecule has 1 aromatic carbocycles. The molecule has 3 heteroatoms. The fourth-order valence-corrected chi connectivity index (χ4v) is 1.62. The minimum atomic E-state index is 0.0563. The number of nitrogens with two attached hydrogens (primary N) is 1. The monoisotopic (exact) mass is 176 g/mol. The highest BCUT2D eigenvalue weighted by Crippen LogP contribution is 2.22. The van der Waals surface area contributed by atoms with Gasteiger partial charge in [0, 0.05) is 35.4 Å². The van der Waals surface area contributed by atoms with Crippen LogP contribution >= 0.6 is 0 Å². The van der Waals surface area contributed by atoms with E-state index in [1.165, 1.54) is 0 Å². The Morgan fingerprint density at radius 2 is 2.23 bits per heavy atom. The Balaban J connectivity index is 2.81. The molecule has 0 bridgehead atoms. The van der Waals surface area contributed by atoms with Gasteiger partial charge in [0.25, 0.3) is 0 Å². The molecule has 0 atom stereocenters. The van der Waals surface area contributed by atoms with Crippen LogP contribution in [0.15, 0.2) is 24.4 Å². The van der Waals surface area contributed by atoms with Gasteiger partial charge in [-0.05, 0) is 18.2 Å². The van der Waals surface area contributed by atoms with Crippen molar-refractivity contribution in [3.63, 3.8) is 0 Å². The van der Waals surface area contributed by atoms with Crippen molar-refractivity contribution in [2.75, 3.05) is 5.73 Å². The Morgan fingerprint density at radius 3 is 2.92 bits per heavy atom. The second-order valence-electron chi connectivity index (χ2n) is 3.20. The maximum absolute atomic E-state index is 9.09. The summed E-state index contributed by atoms with van der Waals surface area (Å²) in [7, 11) is 1.96. The zero-order chi connectivity index (χ0) is 9.42. The van der Waals surface area contributed by atoms with Crippen molar-refractivity contribution >= 4 is 16.6 Å². The van der Waals surface area contributed by atoms with E-state index in [1.807, 2.05) is 36.0 Å². The van der Waals surface area contributed by atoms with Crippen LogP contribution in [-0.2, 0) is 13.7 Å². The molecule has 0 aliphatic carbocycles. The van der Waals surface area contributed by atoms with Crippen LogP contribution in [0.25, 0.3) is 10.9 Å². The summed E-state index contributed by atoms with van der Waals surface area (Å²) in [6.07, 6.45) is 1.92. The van der Waals surface area contributed by atoms with Crippen molar-refractivity contribution in [2.24, 2.45) is 7.05 Å². The summed E-state index contributed by atoms with van der Waals surface area (Å²) in [4.78, 5) is 0. The average Bonchev–Trinajstić information content (AvgIpc) is 2.42. The normalized spacial score (nSPS) is 10.9. The molecular weight excluding hydrogens is 164 g/mol. The number of nitrogens with zero attached hydrogens (tertiary/aromatic N) is 1. The first-order valence-electron chi connectivity index (χ1n) is 4.16. The molecule has 3 N–H and O–H groups in total. The molecule has 0 amide bonds. The van der Waals surface area contributed by atoms with Crippen LogP contribution in [0.1, 0.15) is 5.56 Å². The molecule has 0 unspecified atom stereocenters. The van der Waals surface area contributed by atoms with E-state index >= 15 is 0 Å². The standard InChI is InChI=1S/C10H12N2O/c1-12-5-7(6-13)9-4-8(11)2-3-10(9)12/h2-5,13H,6,11H2,1H3. The van der Waals surface area contributed by atoms with Crippen LogP contribution in [0.5, 0.6) is 0 Å². The van der Waals surface area contributed by atoms with Gasteiger partial charge in [-0.1, -0.05) is 0 Å². The molecule has 0 fully saturated rings. The van der Waals surface area contributed by atoms with Crippen LogP contribution in [-0.4, -0.2) is 9.67 Å². The number of aromatic nitrogens is 1. The van der Waals surface area contributed by atoms with Crippen LogP contribution < -0.4 is 5.73 Å². The van der Waals surface area contributed by atoms with E-state index in [9.17, 15) is 0 Å². The van der Waals surface area contributed by atoms with Gasteiger partial charge in [0.15, 0.2) is 0 Å². The second-order valence-corrected chi connectivity index (χ2v) is 3.20. The summed E-state index contributed by atoms with van der Waals surface area (Å²) in [5.41, 5.74) is 8.41. The molecule has 0 aliphatic heterocycles. The fraction of sp³-hybridized carbons (Fsp3) is 0.200. The lowest BCUT2D eigenvalue weighted by Gasteiger charge is -1.97. The predicted molar refractivity (Wildman–Crippen MR) is 53.3 cm³/mol. The summed E-state index contributed by atoms with van der Waals surface area (Å²) >= 11 is 0. The van der Waals surface area contributed by atoms with E-state index in [2.05, 4.69) is 0 Å². The Kier molecular flexibility index (Phi) is 1.74. The van der Waals surface area contributed by atoms with E-state index in [0.717, 1.165) is 22.2 Å². The minimum Gasteiger partial charge on any atom is -0.399 e. The molecule has 68 valence electrons. The highest BCUT2D eigenvalue weighted by molar-refractivity contribution is 5.86. The van der Waals surface area contributed by atoms with E-state index in [0.29, 0.717) is 0 Å². The van der Waals surface area contributed by atoms with Gasteiger partial charge in [0.05, 0.1) is 6.61 Å². The number of aliphatic hydroxyl groups is 1. The summed E-state index contributed by atoms with van der Waals surface area (Å²) in [6, 6.07) is 5.72. The zero-order valence-corrected chi connectivity index (χ0v) is 7.49. The highest BCUT2D eigenvalue weighted by Gasteiger charge is 2.04. The summed E-state index contributed by atoms with van der Waals surface area (Å²) in [6.45, 7) is 0.0563. The maximum atomic E-state index is 9.09. The lowest BCUT2D eigenvalue weighted by atomic mass is 10.1. The Hall–Kier alpha value is -1.48. The van der Waals surface area contributed by atoms with Gasteiger partial charge < -0.3 is 15.4 Å². The number of aryl methyl sites for hydroxylation is 1. The van der Waals surface area contributed by atoms with Crippen LogP contribution in [0.2, 0.25) is 0 Å². The van der Waals surface area contributed by atoms with E-state index in [-0.39, 0.29) is 6.61 Å². The second kappa shape index (κ2) is 2.78. The quantitative estimate of drug-likeness (QED) is 0.642. The van der Waals surface area contributed by atoms with E-state index in [4.69, 9.17) is 10.8 Å². The van der Waals surface area contributed by atoms with Crippen LogP contribution in [0.4, 0.5) is 5.69 Å². The third-order valence-electron chi connectivity index (χ3n) is 2.27. The highest BCUT2D eigenvalue weighted by atomic mass is 16.3.